The molecule has 0 fully saturated rings. The Morgan fingerprint density at radius 1 is 1.48 bits per heavy atom. The molecule has 0 radical (unpaired) electrons. The Bertz CT molecular complexity index is 522. The van der Waals surface area contributed by atoms with E-state index in [1.54, 1.807) is 32.2 Å². The second-order valence-electron chi connectivity index (χ2n) is 4.57. The monoisotopic (exact) mass is 314 g/mol. The molecule has 21 heavy (non-hydrogen) atoms. The fourth-order valence-corrected chi connectivity index (χ4v) is 2.21. The summed E-state index contributed by atoms with van der Waals surface area (Å²) in [5.74, 6) is -0.734. The molecule has 0 aromatic heterocycles. The van der Waals surface area contributed by atoms with Crippen molar-refractivity contribution in [2.24, 2.45) is 0 Å². The zero-order valence-electron chi connectivity index (χ0n) is 12.2. The standard InChI is InChI=1S/C14H19ClN2O4/c1-4-11(14(19)20)17(2)8-13(18)16-9-5-6-12(21-3)10(15)7-9/h5-7,11H,4,8H2,1-3H3,(H,16,18)(H,19,20). The molecule has 0 aliphatic carbocycles. The number of hydrogen-bond donors (Lipinski definition) is 2. The number of carboxylic acid groups (broad SMARTS) is 1. The van der Waals surface area contributed by atoms with Crippen molar-refractivity contribution in [2.75, 3.05) is 26.0 Å². The summed E-state index contributed by atoms with van der Waals surface area (Å²) < 4.78 is 5.02. The van der Waals surface area contributed by atoms with Crippen LogP contribution in [0, 0.1) is 0 Å². The summed E-state index contributed by atoms with van der Waals surface area (Å²) in [5.41, 5.74) is 0.530. The molecule has 0 bridgehead atoms. The molecule has 1 aromatic carbocycles. The first-order valence-corrected chi connectivity index (χ1v) is 6.83. The third kappa shape index (κ3) is 4.91. The number of nitrogens with zero attached hydrogens (tertiary/aromatic N) is 1. The van der Waals surface area contributed by atoms with Crippen LogP contribution in [0.1, 0.15) is 13.3 Å². The zero-order valence-corrected chi connectivity index (χ0v) is 13.0. The Morgan fingerprint density at radius 2 is 2.14 bits per heavy atom. The number of methoxy groups -OCH3 is 1. The number of carbonyl (C=O) groups excluding carboxylic acids is 1. The van der Waals surface area contributed by atoms with Crippen LogP contribution in [0.5, 0.6) is 5.75 Å². The van der Waals surface area contributed by atoms with Gasteiger partial charge in [-0.1, -0.05) is 18.5 Å². The summed E-state index contributed by atoms with van der Waals surface area (Å²) in [6.07, 6.45) is 0.424. The Morgan fingerprint density at radius 3 is 2.62 bits per heavy atom. The number of amides is 1. The minimum atomic E-state index is -0.944. The zero-order chi connectivity index (χ0) is 16.0. The SMILES string of the molecule is CCC(C(=O)O)N(C)CC(=O)Nc1ccc(OC)c(Cl)c1. The van der Waals surface area contributed by atoms with E-state index in [0.29, 0.717) is 22.9 Å². The summed E-state index contributed by atoms with van der Waals surface area (Å²) in [7, 11) is 3.11. The van der Waals surface area contributed by atoms with Gasteiger partial charge in [0.05, 0.1) is 18.7 Å². The van der Waals surface area contributed by atoms with E-state index in [4.69, 9.17) is 21.4 Å². The minimum Gasteiger partial charge on any atom is -0.495 e. The highest BCUT2D eigenvalue weighted by Gasteiger charge is 2.22. The van der Waals surface area contributed by atoms with Crippen molar-refractivity contribution >= 4 is 29.2 Å². The van der Waals surface area contributed by atoms with Gasteiger partial charge in [0.2, 0.25) is 5.91 Å². The van der Waals surface area contributed by atoms with Crippen LogP contribution in [0.25, 0.3) is 0 Å². The average molecular weight is 315 g/mol. The van der Waals surface area contributed by atoms with Gasteiger partial charge < -0.3 is 15.2 Å². The lowest BCUT2D eigenvalue weighted by Gasteiger charge is -2.22. The van der Waals surface area contributed by atoms with Crippen LogP contribution in [0.4, 0.5) is 5.69 Å². The lowest BCUT2D eigenvalue weighted by Crippen LogP contribution is -2.42. The quantitative estimate of drug-likeness (QED) is 0.805. The first-order chi connectivity index (χ1) is 9.88. The van der Waals surface area contributed by atoms with Gasteiger partial charge in [0.25, 0.3) is 0 Å². The topological polar surface area (TPSA) is 78.9 Å². The molecule has 7 heteroatoms. The predicted octanol–water partition coefficient (Wildman–Crippen LogP) is 2.08. The van der Waals surface area contributed by atoms with Crippen molar-refractivity contribution in [1.29, 1.82) is 0 Å². The fraction of sp³-hybridized carbons (Fsp3) is 0.429. The number of aliphatic carboxylic acids is 1. The molecule has 1 unspecified atom stereocenters. The Hall–Kier alpha value is -1.79. The van der Waals surface area contributed by atoms with E-state index in [9.17, 15) is 9.59 Å². The van der Waals surface area contributed by atoms with Gasteiger partial charge in [-0.15, -0.1) is 0 Å². The van der Waals surface area contributed by atoms with Crippen LogP contribution in [-0.4, -0.2) is 48.6 Å². The average Bonchev–Trinajstić information content (AvgIpc) is 2.38. The van der Waals surface area contributed by atoms with E-state index in [-0.39, 0.29) is 12.5 Å². The van der Waals surface area contributed by atoms with Crippen LogP contribution in [-0.2, 0) is 9.59 Å². The van der Waals surface area contributed by atoms with E-state index in [1.807, 2.05) is 0 Å². The van der Waals surface area contributed by atoms with Gasteiger partial charge in [-0.05, 0) is 31.7 Å². The van der Waals surface area contributed by atoms with Gasteiger partial charge in [0.15, 0.2) is 0 Å². The van der Waals surface area contributed by atoms with E-state index in [0.717, 1.165) is 0 Å². The second kappa shape index (κ2) is 7.85. The van der Waals surface area contributed by atoms with Crippen LogP contribution in [0.3, 0.4) is 0 Å². The minimum absolute atomic E-state index is 0.0194. The molecule has 0 aliphatic heterocycles. The molecule has 0 aliphatic rings. The van der Waals surface area contributed by atoms with Gasteiger partial charge in [-0.3, -0.25) is 14.5 Å². The van der Waals surface area contributed by atoms with E-state index >= 15 is 0 Å². The maximum absolute atomic E-state index is 11.9. The van der Waals surface area contributed by atoms with Gasteiger partial charge in [-0.2, -0.15) is 0 Å². The molecule has 1 rings (SSSR count). The number of carbonyl (C=O) groups is 2. The lowest BCUT2D eigenvalue weighted by molar-refractivity contribution is -0.143. The van der Waals surface area contributed by atoms with Crippen molar-refractivity contribution in [2.45, 2.75) is 19.4 Å². The van der Waals surface area contributed by atoms with Crippen LogP contribution < -0.4 is 10.1 Å². The number of hydrogen-bond acceptors (Lipinski definition) is 4. The number of nitrogens with one attached hydrogen (secondary N) is 1. The third-order valence-electron chi connectivity index (χ3n) is 3.03. The van der Waals surface area contributed by atoms with Crippen LogP contribution in [0.15, 0.2) is 18.2 Å². The van der Waals surface area contributed by atoms with Gasteiger partial charge in [0.1, 0.15) is 11.8 Å². The molecule has 0 heterocycles. The van der Waals surface area contributed by atoms with Crippen molar-refractivity contribution in [1.82, 2.24) is 4.90 Å². The molecule has 6 nitrogen and oxygen atoms in total. The molecule has 1 atom stereocenters. The van der Waals surface area contributed by atoms with Gasteiger partial charge in [0, 0.05) is 5.69 Å². The highest BCUT2D eigenvalue weighted by molar-refractivity contribution is 6.32. The van der Waals surface area contributed by atoms with Gasteiger partial charge >= 0.3 is 5.97 Å². The first-order valence-electron chi connectivity index (χ1n) is 6.45. The number of halogens is 1. The molecule has 0 spiro atoms. The van der Waals surface area contributed by atoms with E-state index in [2.05, 4.69) is 5.32 Å². The maximum atomic E-state index is 11.9. The molecule has 2 N–H and O–H groups in total. The van der Waals surface area contributed by atoms with Crippen molar-refractivity contribution < 1.29 is 19.4 Å². The molecule has 116 valence electrons. The van der Waals surface area contributed by atoms with E-state index < -0.39 is 12.0 Å². The number of rotatable bonds is 7. The number of carboxylic acids is 1. The predicted molar refractivity (Wildman–Crippen MR) is 81.0 cm³/mol. The summed E-state index contributed by atoms with van der Waals surface area (Å²) in [6, 6.07) is 4.20. The summed E-state index contributed by atoms with van der Waals surface area (Å²) in [4.78, 5) is 24.4. The fourth-order valence-electron chi connectivity index (χ4n) is 1.96. The smallest absolute Gasteiger partial charge is 0.320 e. The highest BCUT2D eigenvalue weighted by Crippen LogP contribution is 2.27. The number of ether oxygens (including phenoxy) is 1. The maximum Gasteiger partial charge on any atom is 0.320 e. The Labute approximate surface area is 128 Å². The normalized spacial score (nSPS) is 12.0. The summed E-state index contributed by atoms with van der Waals surface area (Å²) >= 11 is 5.97. The third-order valence-corrected chi connectivity index (χ3v) is 3.33. The molecular weight excluding hydrogens is 296 g/mol. The molecule has 1 aromatic rings. The van der Waals surface area contributed by atoms with Crippen molar-refractivity contribution in [3.63, 3.8) is 0 Å². The van der Waals surface area contributed by atoms with Crippen molar-refractivity contribution in [3.8, 4) is 5.75 Å². The number of benzene rings is 1. The summed E-state index contributed by atoms with van der Waals surface area (Å²) in [6.45, 7) is 1.74. The van der Waals surface area contributed by atoms with Gasteiger partial charge in [-0.25, -0.2) is 0 Å². The Balaban J connectivity index is 2.65. The highest BCUT2D eigenvalue weighted by atomic mass is 35.5. The number of likely N-dealkylation sites (N-methyl/N-ethyl adjacent to an activating group) is 1. The number of anilines is 1. The second-order valence-corrected chi connectivity index (χ2v) is 4.98. The molecule has 1 amide bonds. The largest absolute Gasteiger partial charge is 0.495 e. The summed E-state index contributed by atoms with van der Waals surface area (Å²) in [5, 5.41) is 12.1. The molecule has 0 saturated heterocycles. The molecular formula is C14H19ClN2O4. The van der Waals surface area contributed by atoms with Crippen LogP contribution in [0.2, 0.25) is 5.02 Å². The lowest BCUT2D eigenvalue weighted by atomic mass is 10.2. The molecule has 0 saturated carbocycles. The first kappa shape index (κ1) is 17.3. The van der Waals surface area contributed by atoms with E-state index in [1.165, 1.54) is 12.0 Å². The van der Waals surface area contributed by atoms with Crippen molar-refractivity contribution in [3.05, 3.63) is 23.2 Å². The van der Waals surface area contributed by atoms with Crippen LogP contribution >= 0.6 is 11.6 Å². The Kier molecular flexibility index (Phi) is 6.45.